The minimum atomic E-state index is -3.82. The topological polar surface area (TPSA) is 57.5 Å². The zero-order valence-electron chi connectivity index (χ0n) is 6.44. The normalized spacial score (nSPS) is 23.1. The molecule has 65 valence electrons. The summed E-state index contributed by atoms with van der Waals surface area (Å²) in [6, 6.07) is 0. The Balaban J connectivity index is 2.49. The molecule has 1 fully saturated rings. The zero-order valence-corrected chi connectivity index (χ0v) is 7.33. The molecule has 1 radical (unpaired) electrons. The van der Waals surface area contributed by atoms with Gasteiger partial charge in [0.2, 0.25) is 0 Å². The predicted molar refractivity (Wildman–Crippen MR) is 43.2 cm³/mol. The quantitative estimate of drug-likeness (QED) is 0.473. The molecule has 1 atom stereocenters. The second kappa shape index (κ2) is 3.70. The van der Waals surface area contributed by atoms with E-state index in [0.717, 1.165) is 25.7 Å². The van der Waals surface area contributed by atoms with Crippen molar-refractivity contribution in [2.24, 2.45) is 0 Å². The summed E-state index contributed by atoms with van der Waals surface area (Å²) in [5.74, 6) is 0. The van der Waals surface area contributed by atoms with Gasteiger partial charge in [-0.1, -0.05) is 19.3 Å². The van der Waals surface area contributed by atoms with Gasteiger partial charge in [0.1, 0.15) is 0 Å². The highest BCUT2D eigenvalue weighted by atomic mass is 31.2. The molecule has 0 spiro atoms. The molecule has 1 aliphatic carbocycles. The van der Waals surface area contributed by atoms with E-state index in [1.807, 2.05) is 0 Å². The number of rotatable bonds is 1. The Hall–Kier alpha value is 0.150. The lowest BCUT2D eigenvalue weighted by Gasteiger charge is -2.14. The van der Waals surface area contributed by atoms with E-state index < -0.39 is 13.3 Å². The molecule has 4 heteroatoms. The molecule has 0 heterocycles. The summed E-state index contributed by atoms with van der Waals surface area (Å²) in [5.41, 5.74) is -0.468. The maximum Gasteiger partial charge on any atom is 0.328 e. The standard InChI is InChI=1S/C7H14O3P/c8-11(9,10)7-5-3-1-2-4-6-7/h5,7H,1-4,6H2,(H2,8,9,10). The van der Waals surface area contributed by atoms with Gasteiger partial charge >= 0.3 is 7.60 Å². The molecule has 0 saturated heterocycles. The minimum absolute atomic E-state index is 0.468. The summed E-state index contributed by atoms with van der Waals surface area (Å²) in [5, 5.41) is 0. The molecule has 11 heavy (non-hydrogen) atoms. The summed E-state index contributed by atoms with van der Waals surface area (Å²) in [4.78, 5) is 17.7. The average molecular weight is 177 g/mol. The fourth-order valence-electron chi connectivity index (χ4n) is 1.41. The Morgan fingerprint density at radius 1 is 1.27 bits per heavy atom. The Labute approximate surface area is 67.0 Å². The lowest BCUT2D eigenvalue weighted by molar-refractivity contribution is 0.359. The molecule has 1 unspecified atom stereocenters. The van der Waals surface area contributed by atoms with E-state index in [-0.39, 0.29) is 0 Å². The monoisotopic (exact) mass is 177 g/mol. The highest BCUT2D eigenvalue weighted by Gasteiger charge is 2.28. The van der Waals surface area contributed by atoms with Crippen LogP contribution in [0.4, 0.5) is 0 Å². The van der Waals surface area contributed by atoms with E-state index in [1.165, 1.54) is 0 Å². The molecule has 0 aliphatic heterocycles. The van der Waals surface area contributed by atoms with Crippen LogP contribution in [0.2, 0.25) is 0 Å². The largest absolute Gasteiger partial charge is 0.328 e. The van der Waals surface area contributed by atoms with Gasteiger partial charge in [-0.25, -0.2) is 0 Å². The third-order valence-corrected chi connectivity index (χ3v) is 3.41. The van der Waals surface area contributed by atoms with Gasteiger partial charge in [0, 0.05) is 0 Å². The van der Waals surface area contributed by atoms with Gasteiger partial charge in [-0.15, -0.1) is 0 Å². The maximum absolute atomic E-state index is 10.8. The molecule has 0 amide bonds. The van der Waals surface area contributed by atoms with Crippen molar-refractivity contribution >= 4 is 7.60 Å². The number of hydrogen-bond donors (Lipinski definition) is 2. The third-order valence-electron chi connectivity index (χ3n) is 2.07. The molecular weight excluding hydrogens is 163 g/mol. The van der Waals surface area contributed by atoms with Crippen LogP contribution < -0.4 is 0 Å². The van der Waals surface area contributed by atoms with Gasteiger partial charge in [-0.05, 0) is 19.3 Å². The van der Waals surface area contributed by atoms with Crippen molar-refractivity contribution in [3.05, 3.63) is 6.42 Å². The second-order valence-electron chi connectivity index (χ2n) is 3.03. The lowest BCUT2D eigenvalue weighted by Crippen LogP contribution is -2.06. The lowest BCUT2D eigenvalue weighted by atomic mass is 10.2. The van der Waals surface area contributed by atoms with Gasteiger partial charge < -0.3 is 9.79 Å². The van der Waals surface area contributed by atoms with E-state index >= 15 is 0 Å². The van der Waals surface area contributed by atoms with Crippen LogP contribution in [-0.4, -0.2) is 15.4 Å². The second-order valence-corrected chi connectivity index (χ2v) is 4.87. The van der Waals surface area contributed by atoms with Gasteiger partial charge in [0.15, 0.2) is 0 Å². The Kier molecular flexibility index (Phi) is 3.11. The Morgan fingerprint density at radius 3 is 2.64 bits per heavy atom. The molecule has 0 aromatic rings. The van der Waals surface area contributed by atoms with Gasteiger partial charge in [0.05, 0.1) is 5.66 Å². The van der Waals surface area contributed by atoms with Crippen LogP contribution in [0.15, 0.2) is 0 Å². The molecule has 1 saturated carbocycles. The maximum atomic E-state index is 10.8. The smallest absolute Gasteiger partial charge is 0.324 e. The molecule has 0 aromatic carbocycles. The fraction of sp³-hybridized carbons (Fsp3) is 0.857. The summed E-state index contributed by atoms with van der Waals surface area (Å²) in [6.07, 6.45) is 6.43. The van der Waals surface area contributed by atoms with Crippen molar-refractivity contribution in [3.63, 3.8) is 0 Å². The van der Waals surface area contributed by atoms with E-state index in [0.29, 0.717) is 6.42 Å². The van der Waals surface area contributed by atoms with Crippen molar-refractivity contribution in [1.82, 2.24) is 0 Å². The predicted octanol–water partition coefficient (Wildman–Crippen LogP) is 1.70. The van der Waals surface area contributed by atoms with E-state index in [1.54, 1.807) is 6.42 Å². The van der Waals surface area contributed by atoms with Gasteiger partial charge in [0.25, 0.3) is 0 Å². The molecule has 1 aliphatic rings. The first-order valence-corrected chi connectivity index (χ1v) is 5.67. The van der Waals surface area contributed by atoms with E-state index in [4.69, 9.17) is 9.79 Å². The molecule has 3 nitrogen and oxygen atoms in total. The first-order chi connectivity index (χ1) is 5.11. The Bertz CT molecular complexity index is 155. The fourth-order valence-corrected chi connectivity index (χ4v) is 2.35. The molecular formula is C7H14O3P. The summed E-state index contributed by atoms with van der Waals surface area (Å²) in [7, 11) is -3.82. The SMILES string of the molecule is O=P(O)(O)C1[CH]CCCCC1. The van der Waals surface area contributed by atoms with Crippen LogP contribution in [0.5, 0.6) is 0 Å². The van der Waals surface area contributed by atoms with Crippen molar-refractivity contribution in [3.8, 4) is 0 Å². The van der Waals surface area contributed by atoms with Crippen molar-refractivity contribution in [2.45, 2.75) is 37.8 Å². The summed E-state index contributed by atoms with van der Waals surface area (Å²) >= 11 is 0. The number of hydrogen-bond acceptors (Lipinski definition) is 1. The highest BCUT2D eigenvalue weighted by Crippen LogP contribution is 2.46. The minimum Gasteiger partial charge on any atom is -0.324 e. The Morgan fingerprint density at radius 2 is 2.00 bits per heavy atom. The first-order valence-electron chi connectivity index (χ1n) is 3.99. The molecule has 1 rings (SSSR count). The first kappa shape index (κ1) is 9.24. The third kappa shape index (κ3) is 2.94. The van der Waals surface area contributed by atoms with Crippen molar-refractivity contribution < 1.29 is 14.4 Å². The van der Waals surface area contributed by atoms with E-state index in [2.05, 4.69) is 0 Å². The molecule has 2 N–H and O–H groups in total. The molecule has 0 aromatic heterocycles. The van der Waals surface area contributed by atoms with Crippen LogP contribution in [0.3, 0.4) is 0 Å². The summed E-state index contributed by atoms with van der Waals surface area (Å²) < 4.78 is 10.8. The van der Waals surface area contributed by atoms with Crippen molar-refractivity contribution in [1.29, 1.82) is 0 Å². The zero-order chi connectivity index (χ0) is 8.32. The van der Waals surface area contributed by atoms with Gasteiger partial charge in [-0.3, -0.25) is 4.57 Å². The van der Waals surface area contributed by atoms with Crippen LogP contribution in [0.1, 0.15) is 32.1 Å². The van der Waals surface area contributed by atoms with Gasteiger partial charge in [-0.2, -0.15) is 0 Å². The van der Waals surface area contributed by atoms with Crippen LogP contribution in [-0.2, 0) is 4.57 Å². The van der Waals surface area contributed by atoms with Crippen molar-refractivity contribution in [2.75, 3.05) is 0 Å². The van der Waals surface area contributed by atoms with E-state index in [9.17, 15) is 4.57 Å². The van der Waals surface area contributed by atoms with Crippen LogP contribution in [0.25, 0.3) is 0 Å². The summed E-state index contributed by atoms with van der Waals surface area (Å²) in [6.45, 7) is 0. The molecule has 0 bridgehead atoms. The highest BCUT2D eigenvalue weighted by molar-refractivity contribution is 7.52. The average Bonchev–Trinajstić information content (AvgIpc) is 2.10. The van der Waals surface area contributed by atoms with Crippen LogP contribution in [0, 0.1) is 6.42 Å². The van der Waals surface area contributed by atoms with Crippen LogP contribution >= 0.6 is 7.60 Å².